The molecule has 0 bridgehead atoms. The number of carbonyl (C=O) groups excluding carboxylic acids is 1. The van der Waals surface area contributed by atoms with Crippen molar-refractivity contribution in [2.75, 3.05) is 45.2 Å². The Hall–Kier alpha value is -2.13. The maximum atomic E-state index is 11.4. The molecule has 6 nitrogen and oxygen atoms in total. The highest BCUT2D eigenvalue weighted by atomic mass is 16.1. The van der Waals surface area contributed by atoms with Crippen molar-refractivity contribution in [1.29, 1.82) is 5.26 Å². The van der Waals surface area contributed by atoms with Crippen molar-refractivity contribution >= 4 is 11.7 Å². The van der Waals surface area contributed by atoms with Crippen LogP contribution in [0.4, 0.5) is 5.82 Å². The molecule has 1 aliphatic heterocycles. The summed E-state index contributed by atoms with van der Waals surface area (Å²) in [5.74, 6) is 1.51. The lowest BCUT2D eigenvalue weighted by Gasteiger charge is -2.33. The number of amides is 1. The van der Waals surface area contributed by atoms with E-state index in [1.165, 1.54) is 0 Å². The highest BCUT2D eigenvalue weighted by Gasteiger charge is 2.22. The van der Waals surface area contributed by atoms with E-state index in [-0.39, 0.29) is 5.91 Å². The summed E-state index contributed by atoms with van der Waals surface area (Å²) in [7, 11) is 3.69. The first kappa shape index (κ1) is 16.2. The van der Waals surface area contributed by atoms with Gasteiger partial charge in [0, 0.05) is 20.6 Å². The molecule has 118 valence electrons. The van der Waals surface area contributed by atoms with E-state index < -0.39 is 0 Å². The number of anilines is 1. The molecule has 0 aromatic carbocycles. The van der Waals surface area contributed by atoms with Gasteiger partial charge in [-0.15, -0.1) is 0 Å². The molecule has 0 spiro atoms. The molecule has 1 amide bonds. The van der Waals surface area contributed by atoms with E-state index in [1.807, 2.05) is 19.2 Å². The van der Waals surface area contributed by atoms with E-state index in [0.717, 1.165) is 38.3 Å². The number of hydrogen-bond acceptors (Lipinski definition) is 5. The Balaban J connectivity index is 1.82. The molecular weight excluding hydrogens is 278 g/mol. The van der Waals surface area contributed by atoms with Crippen LogP contribution in [0.25, 0.3) is 0 Å². The molecule has 0 atom stereocenters. The van der Waals surface area contributed by atoms with Crippen LogP contribution in [0.5, 0.6) is 0 Å². The number of hydrogen-bond donors (Lipinski definition) is 1. The predicted octanol–water partition coefficient (Wildman–Crippen LogP) is 0.847. The highest BCUT2D eigenvalue weighted by Crippen LogP contribution is 2.20. The van der Waals surface area contributed by atoms with Crippen LogP contribution in [-0.2, 0) is 4.79 Å². The van der Waals surface area contributed by atoms with Gasteiger partial charge in [-0.1, -0.05) is 6.07 Å². The lowest BCUT2D eigenvalue weighted by molar-refractivity contribution is -0.122. The van der Waals surface area contributed by atoms with Crippen molar-refractivity contribution in [2.24, 2.45) is 5.92 Å². The zero-order valence-corrected chi connectivity index (χ0v) is 13.2. The second-order valence-electron chi connectivity index (χ2n) is 5.77. The molecule has 0 unspecified atom stereocenters. The van der Waals surface area contributed by atoms with Crippen LogP contribution in [-0.4, -0.2) is 56.1 Å². The van der Waals surface area contributed by atoms with Crippen LogP contribution in [0.15, 0.2) is 18.2 Å². The molecule has 1 fully saturated rings. The Bertz CT molecular complexity index is 546. The van der Waals surface area contributed by atoms with E-state index in [4.69, 9.17) is 5.26 Å². The number of carbonyl (C=O) groups is 1. The number of likely N-dealkylation sites (N-methyl/N-ethyl adjacent to an activating group) is 1. The predicted molar refractivity (Wildman–Crippen MR) is 85.5 cm³/mol. The van der Waals surface area contributed by atoms with E-state index in [2.05, 4.69) is 26.2 Å². The van der Waals surface area contributed by atoms with Gasteiger partial charge in [-0.25, -0.2) is 4.98 Å². The van der Waals surface area contributed by atoms with Crippen molar-refractivity contribution in [2.45, 2.75) is 12.8 Å². The van der Waals surface area contributed by atoms with Crippen molar-refractivity contribution in [3.8, 4) is 6.07 Å². The molecule has 1 aliphatic rings. The van der Waals surface area contributed by atoms with Crippen molar-refractivity contribution in [3.05, 3.63) is 23.9 Å². The fourth-order valence-corrected chi connectivity index (χ4v) is 2.79. The van der Waals surface area contributed by atoms with Gasteiger partial charge in [0.25, 0.3) is 0 Å². The summed E-state index contributed by atoms with van der Waals surface area (Å²) in [4.78, 5) is 20.0. The molecule has 1 saturated heterocycles. The highest BCUT2D eigenvalue weighted by molar-refractivity contribution is 5.77. The second-order valence-corrected chi connectivity index (χ2v) is 5.77. The first-order chi connectivity index (χ1) is 10.6. The van der Waals surface area contributed by atoms with Gasteiger partial charge in [0.15, 0.2) is 0 Å². The van der Waals surface area contributed by atoms with Crippen molar-refractivity contribution in [1.82, 2.24) is 15.2 Å². The van der Waals surface area contributed by atoms with Gasteiger partial charge in [0.2, 0.25) is 5.91 Å². The maximum Gasteiger partial charge on any atom is 0.233 e. The number of piperidine rings is 1. The molecule has 0 aliphatic carbocycles. The Morgan fingerprint density at radius 2 is 2.23 bits per heavy atom. The Morgan fingerprint density at radius 3 is 2.86 bits per heavy atom. The van der Waals surface area contributed by atoms with Crippen molar-refractivity contribution in [3.63, 3.8) is 0 Å². The molecule has 0 saturated carbocycles. The molecular formula is C16H23N5O. The summed E-state index contributed by atoms with van der Waals surface area (Å²) in [5, 5.41) is 11.6. The number of nitriles is 1. The number of pyridine rings is 1. The lowest BCUT2D eigenvalue weighted by atomic mass is 9.96. The van der Waals surface area contributed by atoms with Gasteiger partial charge in [-0.05, 0) is 44.0 Å². The van der Waals surface area contributed by atoms with Gasteiger partial charge < -0.3 is 10.2 Å². The summed E-state index contributed by atoms with van der Waals surface area (Å²) >= 11 is 0. The van der Waals surface area contributed by atoms with Crippen LogP contribution in [0.1, 0.15) is 18.5 Å². The molecule has 1 N–H and O–H groups in total. The molecule has 1 aromatic heterocycles. The second kappa shape index (κ2) is 7.76. The quantitative estimate of drug-likeness (QED) is 0.873. The average molecular weight is 301 g/mol. The first-order valence-corrected chi connectivity index (χ1v) is 7.63. The third-order valence-corrected chi connectivity index (χ3v) is 4.13. The molecule has 1 aromatic rings. The normalized spacial score (nSPS) is 16.0. The summed E-state index contributed by atoms with van der Waals surface area (Å²) in [6.45, 7) is 3.33. The molecule has 2 heterocycles. The van der Waals surface area contributed by atoms with E-state index in [9.17, 15) is 4.79 Å². The minimum absolute atomic E-state index is 0.0769. The number of nitrogens with one attached hydrogen (secondary N) is 1. The first-order valence-electron chi connectivity index (χ1n) is 7.63. The summed E-state index contributed by atoms with van der Waals surface area (Å²) in [6.07, 6.45) is 2.17. The van der Waals surface area contributed by atoms with Gasteiger partial charge in [0.05, 0.1) is 6.54 Å². The minimum atomic E-state index is 0.0769. The number of likely N-dealkylation sites (tertiary alicyclic amines) is 1. The molecule has 22 heavy (non-hydrogen) atoms. The van der Waals surface area contributed by atoms with Crippen LogP contribution < -0.4 is 10.2 Å². The Kier molecular flexibility index (Phi) is 5.73. The lowest BCUT2D eigenvalue weighted by Crippen LogP contribution is -2.42. The summed E-state index contributed by atoms with van der Waals surface area (Å²) in [6, 6.07) is 7.59. The molecule has 0 radical (unpaired) electrons. The van der Waals surface area contributed by atoms with Gasteiger partial charge in [0.1, 0.15) is 17.6 Å². The minimum Gasteiger partial charge on any atom is -0.359 e. The molecule has 2 rings (SSSR count). The summed E-state index contributed by atoms with van der Waals surface area (Å²) in [5.41, 5.74) is 0.449. The van der Waals surface area contributed by atoms with Gasteiger partial charge >= 0.3 is 0 Å². The van der Waals surface area contributed by atoms with Crippen LogP contribution in [0, 0.1) is 17.2 Å². The third kappa shape index (κ3) is 4.43. The average Bonchev–Trinajstić information content (AvgIpc) is 2.56. The number of aromatic nitrogens is 1. The number of rotatable bonds is 5. The summed E-state index contributed by atoms with van der Waals surface area (Å²) < 4.78 is 0. The SMILES string of the molecule is CNC(=O)CN1CCC(CN(C)c2cccc(C#N)n2)CC1. The topological polar surface area (TPSA) is 72.3 Å². The van der Waals surface area contributed by atoms with E-state index in [1.54, 1.807) is 13.1 Å². The largest absolute Gasteiger partial charge is 0.359 e. The standard InChI is InChI=1S/C16H23N5O/c1-18-16(22)12-21-8-6-13(7-9-21)11-20(2)15-5-3-4-14(10-17)19-15/h3-5,13H,6-9,11-12H2,1-2H3,(H,18,22). The van der Waals surface area contributed by atoms with Crippen LogP contribution in [0.3, 0.4) is 0 Å². The van der Waals surface area contributed by atoms with Crippen molar-refractivity contribution < 1.29 is 4.79 Å². The maximum absolute atomic E-state index is 11.4. The fraction of sp³-hybridized carbons (Fsp3) is 0.562. The van der Waals surface area contributed by atoms with Crippen LogP contribution in [0.2, 0.25) is 0 Å². The third-order valence-electron chi connectivity index (χ3n) is 4.13. The van der Waals surface area contributed by atoms with Gasteiger partial charge in [-0.2, -0.15) is 5.26 Å². The molecule has 6 heteroatoms. The number of nitrogens with zero attached hydrogens (tertiary/aromatic N) is 4. The Morgan fingerprint density at radius 1 is 1.50 bits per heavy atom. The Labute approximate surface area is 131 Å². The smallest absolute Gasteiger partial charge is 0.233 e. The zero-order chi connectivity index (χ0) is 15.9. The van der Waals surface area contributed by atoms with E-state index in [0.29, 0.717) is 18.2 Å². The van der Waals surface area contributed by atoms with Crippen LogP contribution >= 0.6 is 0 Å². The van der Waals surface area contributed by atoms with E-state index >= 15 is 0 Å². The zero-order valence-electron chi connectivity index (χ0n) is 13.2. The van der Waals surface area contributed by atoms with Gasteiger partial charge in [-0.3, -0.25) is 9.69 Å². The monoisotopic (exact) mass is 301 g/mol. The fourth-order valence-electron chi connectivity index (χ4n) is 2.79.